The van der Waals surface area contributed by atoms with E-state index in [4.69, 9.17) is 11.6 Å². The molecule has 1 aromatic rings. The lowest BCUT2D eigenvalue weighted by atomic mass is 9.74. The van der Waals surface area contributed by atoms with Gasteiger partial charge < -0.3 is 0 Å². The van der Waals surface area contributed by atoms with Gasteiger partial charge in [0.15, 0.2) is 0 Å². The molecule has 0 aromatic heterocycles. The summed E-state index contributed by atoms with van der Waals surface area (Å²) in [7, 11) is 2.11. The zero-order valence-corrected chi connectivity index (χ0v) is 14.2. The van der Waals surface area contributed by atoms with Gasteiger partial charge in [-0.15, -0.1) is 0 Å². The Labute approximate surface area is 133 Å². The molecule has 0 saturated heterocycles. The summed E-state index contributed by atoms with van der Waals surface area (Å²) in [4.78, 5) is 14.6. The summed E-state index contributed by atoms with van der Waals surface area (Å²) in [5.74, 6) is 1.65. The molecule has 4 atom stereocenters. The third kappa shape index (κ3) is 4.08. The smallest absolute Gasteiger partial charge is 0.137 e. The van der Waals surface area contributed by atoms with Gasteiger partial charge in [-0.05, 0) is 49.9 Å². The van der Waals surface area contributed by atoms with E-state index < -0.39 is 0 Å². The maximum absolute atomic E-state index is 12.3. The number of carbonyl (C=O) groups is 1. The second-order valence-corrected chi connectivity index (χ2v) is 7.20. The molecule has 1 aliphatic carbocycles. The minimum absolute atomic E-state index is 0.181. The molecule has 0 N–H and O–H groups in total. The quantitative estimate of drug-likeness (QED) is 0.811. The van der Waals surface area contributed by atoms with Gasteiger partial charge in [0, 0.05) is 29.9 Å². The van der Waals surface area contributed by atoms with Crippen molar-refractivity contribution >= 4 is 17.4 Å². The molecule has 1 saturated carbocycles. The van der Waals surface area contributed by atoms with Crippen molar-refractivity contribution in [2.45, 2.75) is 39.7 Å². The molecule has 0 amide bonds. The van der Waals surface area contributed by atoms with Gasteiger partial charge in [0.1, 0.15) is 5.78 Å². The number of hydrogen-bond acceptors (Lipinski definition) is 2. The topological polar surface area (TPSA) is 20.3 Å². The Bertz CT molecular complexity index is 484. The van der Waals surface area contributed by atoms with Gasteiger partial charge in [0.25, 0.3) is 0 Å². The van der Waals surface area contributed by atoms with Crippen molar-refractivity contribution in [1.82, 2.24) is 4.90 Å². The van der Waals surface area contributed by atoms with Crippen LogP contribution in [0.1, 0.15) is 45.2 Å². The van der Waals surface area contributed by atoms with Gasteiger partial charge in [-0.25, -0.2) is 0 Å². The molecular formula is C18H26ClNO. The van der Waals surface area contributed by atoms with Crippen molar-refractivity contribution in [2.24, 2.45) is 17.8 Å². The lowest BCUT2D eigenvalue weighted by Crippen LogP contribution is -2.39. The van der Waals surface area contributed by atoms with Crippen molar-refractivity contribution in [1.29, 1.82) is 0 Å². The molecule has 1 aromatic carbocycles. The minimum atomic E-state index is 0.181. The second-order valence-electron chi connectivity index (χ2n) is 6.76. The van der Waals surface area contributed by atoms with E-state index in [-0.39, 0.29) is 5.92 Å². The summed E-state index contributed by atoms with van der Waals surface area (Å²) in [5, 5.41) is 0.763. The molecule has 0 bridgehead atoms. The molecule has 116 valence electrons. The minimum Gasteiger partial charge on any atom is -0.299 e. The lowest BCUT2D eigenvalue weighted by molar-refractivity contribution is -0.128. The number of benzene rings is 1. The van der Waals surface area contributed by atoms with E-state index in [1.54, 1.807) is 0 Å². The third-order valence-corrected chi connectivity index (χ3v) is 5.17. The van der Waals surface area contributed by atoms with E-state index in [0.29, 0.717) is 23.7 Å². The fourth-order valence-corrected chi connectivity index (χ4v) is 3.57. The zero-order chi connectivity index (χ0) is 15.6. The van der Waals surface area contributed by atoms with Crippen LogP contribution in [-0.2, 0) is 4.79 Å². The van der Waals surface area contributed by atoms with Crippen LogP contribution in [0.4, 0.5) is 0 Å². The predicted octanol–water partition coefficient (Wildman–Crippen LogP) is 4.58. The molecule has 3 heteroatoms. The summed E-state index contributed by atoms with van der Waals surface area (Å²) in [6.45, 7) is 7.43. The summed E-state index contributed by atoms with van der Waals surface area (Å²) in [5.41, 5.74) is 1.24. The van der Waals surface area contributed by atoms with Crippen LogP contribution < -0.4 is 0 Å². The molecule has 0 spiro atoms. The predicted molar refractivity (Wildman–Crippen MR) is 88.6 cm³/mol. The highest BCUT2D eigenvalue weighted by atomic mass is 35.5. The van der Waals surface area contributed by atoms with E-state index in [1.165, 1.54) is 12.0 Å². The van der Waals surface area contributed by atoms with Crippen LogP contribution in [0.2, 0.25) is 5.02 Å². The molecule has 4 unspecified atom stereocenters. The fourth-order valence-electron chi connectivity index (χ4n) is 3.44. The van der Waals surface area contributed by atoms with Crippen LogP contribution in [0.25, 0.3) is 0 Å². The van der Waals surface area contributed by atoms with Crippen molar-refractivity contribution in [3.05, 3.63) is 34.9 Å². The van der Waals surface area contributed by atoms with Crippen LogP contribution in [0.3, 0.4) is 0 Å². The maximum atomic E-state index is 12.3. The number of carbonyl (C=O) groups excluding carboxylic acids is 1. The normalized spacial score (nSPS) is 27.9. The molecule has 2 rings (SSSR count). The molecule has 0 heterocycles. The number of hydrogen-bond donors (Lipinski definition) is 0. The summed E-state index contributed by atoms with van der Waals surface area (Å²) < 4.78 is 0. The number of nitrogens with zero attached hydrogens (tertiary/aromatic N) is 1. The van der Waals surface area contributed by atoms with Gasteiger partial charge in [-0.3, -0.25) is 9.69 Å². The largest absolute Gasteiger partial charge is 0.299 e. The molecule has 2 nitrogen and oxygen atoms in total. The highest BCUT2D eigenvalue weighted by molar-refractivity contribution is 6.30. The zero-order valence-electron chi connectivity index (χ0n) is 13.5. The number of Topliss-reactive ketones (excluding diaryl/α,β-unsaturated/α-hetero) is 1. The van der Waals surface area contributed by atoms with Crippen LogP contribution in [0, 0.1) is 17.8 Å². The van der Waals surface area contributed by atoms with Gasteiger partial charge in [-0.2, -0.15) is 0 Å². The van der Waals surface area contributed by atoms with Crippen LogP contribution in [-0.4, -0.2) is 24.3 Å². The summed E-state index contributed by atoms with van der Waals surface area (Å²) >= 11 is 5.95. The van der Waals surface area contributed by atoms with Crippen LogP contribution in [0.15, 0.2) is 24.3 Å². The first kappa shape index (κ1) is 16.5. The number of rotatable bonds is 4. The lowest BCUT2D eigenvalue weighted by Gasteiger charge is -2.36. The standard InChI is InChI=1S/C18H26ClNO/c1-12-9-13(2)17(18(21)10-12)11-20(4)14(3)15-5-7-16(19)8-6-15/h5-8,12-14,17H,9-11H2,1-4H3. The van der Waals surface area contributed by atoms with Crippen molar-refractivity contribution in [2.75, 3.05) is 13.6 Å². The second kappa shape index (κ2) is 6.93. The summed E-state index contributed by atoms with van der Waals surface area (Å²) in [6.07, 6.45) is 1.91. The van der Waals surface area contributed by atoms with E-state index in [2.05, 4.69) is 44.9 Å². The van der Waals surface area contributed by atoms with Crippen molar-refractivity contribution in [3.8, 4) is 0 Å². The SMILES string of the molecule is CC1CC(=O)C(CN(C)C(C)c2ccc(Cl)cc2)C(C)C1. The van der Waals surface area contributed by atoms with Gasteiger partial charge in [-0.1, -0.05) is 37.6 Å². The van der Waals surface area contributed by atoms with Gasteiger partial charge >= 0.3 is 0 Å². The number of ketones is 1. The average Bonchev–Trinajstić information content (AvgIpc) is 2.42. The Hall–Kier alpha value is -0.860. The van der Waals surface area contributed by atoms with E-state index in [0.717, 1.165) is 18.0 Å². The first-order valence-electron chi connectivity index (χ1n) is 7.87. The first-order valence-corrected chi connectivity index (χ1v) is 8.24. The fraction of sp³-hybridized carbons (Fsp3) is 0.611. The van der Waals surface area contributed by atoms with E-state index >= 15 is 0 Å². The van der Waals surface area contributed by atoms with Gasteiger partial charge in [0.05, 0.1) is 0 Å². The monoisotopic (exact) mass is 307 g/mol. The Balaban J connectivity index is 2.01. The molecule has 1 fully saturated rings. The summed E-state index contributed by atoms with van der Waals surface area (Å²) in [6, 6.07) is 8.28. The van der Waals surface area contributed by atoms with Crippen LogP contribution in [0.5, 0.6) is 0 Å². The van der Waals surface area contributed by atoms with Crippen molar-refractivity contribution in [3.63, 3.8) is 0 Å². The Morgan fingerprint density at radius 2 is 1.90 bits per heavy atom. The van der Waals surface area contributed by atoms with Crippen molar-refractivity contribution < 1.29 is 4.79 Å². The Morgan fingerprint density at radius 3 is 2.48 bits per heavy atom. The van der Waals surface area contributed by atoms with Crippen LogP contribution >= 0.6 is 11.6 Å². The van der Waals surface area contributed by atoms with E-state index in [1.807, 2.05) is 12.1 Å². The number of halogens is 1. The molecule has 1 aliphatic rings. The van der Waals surface area contributed by atoms with Gasteiger partial charge in [0.2, 0.25) is 0 Å². The molecule has 0 aliphatic heterocycles. The maximum Gasteiger partial charge on any atom is 0.137 e. The Kier molecular flexibility index (Phi) is 5.45. The first-order chi connectivity index (χ1) is 9.88. The molecule has 0 radical (unpaired) electrons. The molecular weight excluding hydrogens is 282 g/mol. The van der Waals surface area contributed by atoms with E-state index in [9.17, 15) is 4.79 Å². The Morgan fingerprint density at radius 1 is 1.29 bits per heavy atom. The third-order valence-electron chi connectivity index (χ3n) is 4.92. The average molecular weight is 308 g/mol. The molecule has 21 heavy (non-hydrogen) atoms. The highest BCUT2D eigenvalue weighted by Crippen LogP contribution is 2.32. The highest BCUT2D eigenvalue weighted by Gasteiger charge is 2.33.